The van der Waals surface area contributed by atoms with Gasteiger partial charge in [-0.05, 0) is 28.8 Å². The van der Waals surface area contributed by atoms with Gasteiger partial charge in [0.05, 0.1) is 11.4 Å². The average Bonchev–Trinajstić information content (AvgIpc) is 2.69. The summed E-state index contributed by atoms with van der Waals surface area (Å²) in [4.78, 5) is 9.21. The maximum absolute atomic E-state index is 4.61. The highest BCUT2D eigenvalue weighted by molar-refractivity contribution is 5.97. The summed E-state index contributed by atoms with van der Waals surface area (Å²) in [5.74, 6) is 0. The van der Waals surface area contributed by atoms with Crippen molar-refractivity contribution in [2.45, 2.75) is 26.2 Å². The van der Waals surface area contributed by atoms with Crippen LogP contribution in [-0.2, 0) is 5.41 Å². The van der Waals surface area contributed by atoms with Crippen LogP contribution in [0.15, 0.2) is 42.7 Å². The second-order valence-corrected chi connectivity index (χ2v) is 6.04. The van der Waals surface area contributed by atoms with E-state index in [1.54, 1.807) is 12.4 Å². The van der Waals surface area contributed by atoms with Gasteiger partial charge in [-0.15, -0.1) is 0 Å². The zero-order chi connectivity index (χ0) is 13.9. The van der Waals surface area contributed by atoms with Crippen LogP contribution in [0.3, 0.4) is 0 Å². The highest BCUT2D eigenvalue weighted by Gasteiger charge is 2.39. The van der Waals surface area contributed by atoms with Crippen LogP contribution in [-0.4, -0.2) is 9.97 Å². The summed E-state index contributed by atoms with van der Waals surface area (Å²) in [5.41, 5.74) is 5.98. The number of nitrogens with zero attached hydrogens (tertiary/aromatic N) is 2. The van der Waals surface area contributed by atoms with Gasteiger partial charge in [0.25, 0.3) is 0 Å². The van der Waals surface area contributed by atoms with Gasteiger partial charge in [-0.3, -0.25) is 9.97 Å². The van der Waals surface area contributed by atoms with Crippen molar-refractivity contribution in [1.29, 1.82) is 0 Å². The van der Waals surface area contributed by atoms with E-state index in [9.17, 15) is 0 Å². The quantitative estimate of drug-likeness (QED) is 0.604. The van der Waals surface area contributed by atoms with Gasteiger partial charge in [-0.2, -0.15) is 0 Å². The van der Waals surface area contributed by atoms with Crippen LogP contribution in [0.2, 0.25) is 0 Å². The van der Waals surface area contributed by atoms with Crippen molar-refractivity contribution >= 4 is 10.8 Å². The molecule has 0 saturated carbocycles. The molecule has 2 heteroatoms. The molecule has 1 aliphatic rings. The number of fused-ring (bicyclic) bond motifs is 5. The summed E-state index contributed by atoms with van der Waals surface area (Å²) in [6.45, 7) is 6.67. The average molecular weight is 260 g/mol. The molecule has 20 heavy (non-hydrogen) atoms. The molecule has 3 aromatic rings. The molecule has 0 fully saturated rings. The van der Waals surface area contributed by atoms with E-state index in [0.29, 0.717) is 0 Å². The molecular formula is C18H16N2. The molecule has 0 bridgehead atoms. The lowest BCUT2D eigenvalue weighted by atomic mass is 9.81. The van der Waals surface area contributed by atoms with Crippen molar-refractivity contribution in [2.24, 2.45) is 0 Å². The Morgan fingerprint density at radius 1 is 1.00 bits per heavy atom. The Morgan fingerprint density at radius 2 is 1.75 bits per heavy atom. The fourth-order valence-electron chi connectivity index (χ4n) is 3.54. The number of rotatable bonds is 0. The largest absolute Gasteiger partial charge is 0.256 e. The van der Waals surface area contributed by atoms with E-state index in [-0.39, 0.29) is 5.41 Å². The van der Waals surface area contributed by atoms with E-state index in [4.69, 9.17) is 0 Å². The molecule has 0 amide bonds. The van der Waals surface area contributed by atoms with Gasteiger partial charge in [0.15, 0.2) is 0 Å². The molecule has 0 unspecified atom stereocenters. The number of hydrogen-bond acceptors (Lipinski definition) is 2. The van der Waals surface area contributed by atoms with Crippen molar-refractivity contribution in [1.82, 2.24) is 9.97 Å². The monoisotopic (exact) mass is 260 g/mol. The van der Waals surface area contributed by atoms with E-state index >= 15 is 0 Å². The van der Waals surface area contributed by atoms with Crippen molar-refractivity contribution < 1.29 is 0 Å². The summed E-state index contributed by atoms with van der Waals surface area (Å²) in [6.07, 6.45) is 3.59. The Kier molecular flexibility index (Phi) is 2.12. The van der Waals surface area contributed by atoms with Gasteiger partial charge in [0.1, 0.15) is 0 Å². The van der Waals surface area contributed by atoms with Gasteiger partial charge in [0.2, 0.25) is 0 Å². The second kappa shape index (κ2) is 3.66. The first-order valence-electron chi connectivity index (χ1n) is 6.95. The molecular weight excluding hydrogens is 244 g/mol. The van der Waals surface area contributed by atoms with Crippen LogP contribution >= 0.6 is 0 Å². The minimum atomic E-state index is -0.0927. The zero-order valence-electron chi connectivity index (χ0n) is 11.9. The van der Waals surface area contributed by atoms with Crippen molar-refractivity contribution in [3.63, 3.8) is 0 Å². The van der Waals surface area contributed by atoms with E-state index in [0.717, 1.165) is 11.4 Å². The number of aromatic nitrogens is 2. The Bertz CT molecular complexity index is 847. The molecule has 2 aromatic carbocycles. The summed E-state index contributed by atoms with van der Waals surface area (Å²) in [5, 5.41) is 2.61. The predicted octanol–water partition coefficient (Wildman–Crippen LogP) is 4.24. The minimum Gasteiger partial charge on any atom is -0.256 e. The van der Waals surface area contributed by atoms with E-state index in [1.165, 1.54) is 27.5 Å². The molecule has 0 atom stereocenters. The van der Waals surface area contributed by atoms with Crippen LogP contribution in [0.5, 0.6) is 0 Å². The lowest BCUT2D eigenvalue weighted by Gasteiger charge is -2.22. The normalized spacial score (nSPS) is 15.2. The third kappa shape index (κ3) is 1.29. The van der Waals surface area contributed by atoms with Crippen LogP contribution in [0.1, 0.15) is 30.7 Å². The second-order valence-electron chi connectivity index (χ2n) is 6.04. The molecule has 98 valence electrons. The van der Waals surface area contributed by atoms with Crippen LogP contribution in [0, 0.1) is 6.92 Å². The molecule has 4 rings (SSSR count). The first kappa shape index (κ1) is 11.6. The fraction of sp³-hybridized carbons (Fsp3) is 0.222. The minimum absolute atomic E-state index is 0.0927. The highest BCUT2D eigenvalue weighted by Crippen LogP contribution is 2.50. The third-order valence-electron chi connectivity index (χ3n) is 4.40. The molecule has 0 N–H and O–H groups in total. The molecule has 0 spiro atoms. The fourth-order valence-corrected chi connectivity index (χ4v) is 3.54. The highest BCUT2D eigenvalue weighted by atomic mass is 14.8. The van der Waals surface area contributed by atoms with E-state index in [2.05, 4.69) is 61.1 Å². The maximum Gasteiger partial charge on any atom is 0.0932 e. The van der Waals surface area contributed by atoms with Gasteiger partial charge in [0, 0.05) is 23.4 Å². The van der Waals surface area contributed by atoms with Crippen LogP contribution in [0.4, 0.5) is 0 Å². The standard InChI is InChI=1S/C18H16N2/c1-11-10-12-6-4-5-7-13(12)15-14(11)16-17(18(15,2)3)20-9-8-19-16/h4-10H,1-3H3. The predicted molar refractivity (Wildman–Crippen MR) is 81.8 cm³/mol. The molecule has 1 heterocycles. The van der Waals surface area contributed by atoms with Crippen molar-refractivity contribution in [3.05, 3.63) is 59.5 Å². The van der Waals surface area contributed by atoms with Crippen LogP contribution < -0.4 is 0 Å². The Hall–Kier alpha value is -2.22. The molecule has 2 nitrogen and oxygen atoms in total. The Balaban J connectivity index is 2.25. The summed E-state index contributed by atoms with van der Waals surface area (Å²) < 4.78 is 0. The first-order chi connectivity index (χ1) is 9.60. The van der Waals surface area contributed by atoms with E-state index < -0.39 is 0 Å². The van der Waals surface area contributed by atoms with Crippen LogP contribution in [0.25, 0.3) is 22.0 Å². The SMILES string of the molecule is Cc1cc2ccccc2c2c1-c1nccnc1C2(C)C. The Labute approximate surface area is 118 Å². The zero-order valence-corrected chi connectivity index (χ0v) is 11.9. The lowest BCUT2D eigenvalue weighted by molar-refractivity contribution is 0.640. The summed E-state index contributed by atoms with van der Waals surface area (Å²) >= 11 is 0. The van der Waals surface area contributed by atoms with Crippen molar-refractivity contribution in [3.8, 4) is 11.3 Å². The molecule has 1 aliphatic carbocycles. The number of benzene rings is 2. The summed E-state index contributed by atoms with van der Waals surface area (Å²) in [7, 11) is 0. The molecule has 0 aliphatic heterocycles. The van der Waals surface area contributed by atoms with Gasteiger partial charge < -0.3 is 0 Å². The number of hydrogen-bond donors (Lipinski definition) is 0. The topological polar surface area (TPSA) is 25.8 Å². The molecule has 0 saturated heterocycles. The van der Waals surface area contributed by atoms with E-state index in [1.807, 2.05) is 0 Å². The third-order valence-corrected chi connectivity index (χ3v) is 4.40. The first-order valence-corrected chi connectivity index (χ1v) is 6.95. The van der Waals surface area contributed by atoms with Gasteiger partial charge >= 0.3 is 0 Å². The lowest BCUT2D eigenvalue weighted by Crippen LogP contribution is -2.17. The maximum atomic E-state index is 4.61. The van der Waals surface area contributed by atoms with Gasteiger partial charge in [-0.1, -0.05) is 44.2 Å². The molecule has 0 radical (unpaired) electrons. The van der Waals surface area contributed by atoms with Gasteiger partial charge in [-0.25, -0.2) is 0 Å². The summed E-state index contributed by atoms with van der Waals surface area (Å²) in [6, 6.07) is 10.9. The smallest absolute Gasteiger partial charge is 0.0932 e. The number of aryl methyl sites for hydroxylation is 1. The Morgan fingerprint density at radius 3 is 2.60 bits per heavy atom. The van der Waals surface area contributed by atoms with Crippen molar-refractivity contribution in [2.75, 3.05) is 0 Å². The molecule has 1 aromatic heterocycles.